The number of allylic oxidation sites excluding steroid dienone is 1. The molecule has 1 saturated carbocycles. The quantitative estimate of drug-likeness (QED) is 0.422. The SMILES string of the molecule is CC(C)(C)[Si](C)(C)O[C@@H]1[C@@H](O[Si](C)(C)C(C)(C)C)CC2=C([Si](C)(C)C)C(=O)C[C@H]21. The molecule has 0 aromatic rings. The monoisotopic (exact) mass is 454 g/mol. The molecule has 1 fully saturated rings. The number of carbonyl (C=O) groups excluding carboxylic acids is 1. The standard InChI is InChI=1S/C23H46O3Si3/c1-22(2,3)28(10,11)25-19-15-17-16(14-18(24)21(17)27(7,8)9)20(19)26-29(12,13)23(4,5)6/h16,19-20H,14-15H2,1-13H3/t16-,19+,20+/m1/s1. The Bertz CT molecular complexity index is 688. The van der Waals surface area contributed by atoms with Crippen molar-refractivity contribution in [3.8, 4) is 0 Å². The summed E-state index contributed by atoms with van der Waals surface area (Å²) in [6, 6.07) is 0. The van der Waals surface area contributed by atoms with Gasteiger partial charge in [0.25, 0.3) is 0 Å². The lowest BCUT2D eigenvalue weighted by Gasteiger charge is -2.44. The summed E-state index contributed by atoms with van der Waals surface area (Å²) in [6.07, 6.45) is 1.63. The number of rotatable bonds is 5. The fraction of sp³-hybridized carbons (Fsp3) is 0.870. The fourth-order valence-corrected chi connectivity index (χ4v) is 9.06. The molecule has 0 radical (unpaired) electrons. The van der Waals surface area contributed by atoms with Crippen molar-refractivity contribution >= 4 is 30.5 Å². The lowest BCUT2D eigenvalue weighted by Crippen LogP contribution is -2.51. The van der Waals surface area contributed by atoms with Gasteiger partial charge in [0.1, 0.15) is 0 Å². The van der Waals surface area contributed by atoms with E-state index in [1.807, 2.05) is 0 Å². The summed E-state index contributed by atoms with van der Waals surface area (Å²) < 4.78 is 14.0. The van der Waals surface area contributed by atoms with Gasteiger partial charge in [-0.1, -0.05) is 66.8 Å². The minimum atomic E-state index is -1.97. The van der Waals surface area contributed by atoms with Gasteiger partial charge in [-0.15, -0.1) is 0 Å². The van der Waals surface area contributed by atoms with Gasteiger partial charge in [-0.05, 0) is 47.9 Å². The predicted molar refractivity (Wildman–Crippen MR) is 132 cm³/mol. The van der Waals surface area contributed by atoms with E-state index in [0.29, 0.717) is 12.2 Å². The Balaban J connectivity index is 2.48. The first-order valence-electron chi connectivity index (χ1n) is 11.3. The highest BCUT2D eigenvalue weighted by Crippen LogP contribution is 2.51. The van der Waals surface area contributed by atoms with E-state index in [-0.39, 0.29) is 28.2 Å². The highest BCUT2D eigenvalue weighted by molar-refractivity contribution is 6.87. The molecule has 0 amide bonds. The van der Waals surface area contributed by atoms with Crippen molar-refractivity contribution in [3.05, 3.63) is 10.8 Å². The first-order chi connectivity index (χ1) is 12.7. The number of carbonyl (C=O) groups is 1. The molecule has 29 heavy (non-hydrogen) atoms. The molecule has 0 aliphatic heterocycles. The zero-order chi connectivity index (χ0) is 22.8. The molecule has 6 heteroatoms. The van der Waals surface area contributed by atoms with Crippen molar-refractivity contribution < 1.29 is 13.6 Å². The second-order valence-corrected chi connectivity index (χ2v) is 27.9. The Morgan fingerprint density at radius 1 is 0.759 bits per heavy atom. The molecular formula is C23H46O3Si3. The molecule has 0 unspecified atom stereocenters. The molecule has 3 nitrogen and oxygen atoms in total. The molecular weight excluding hydrogens is 409 g/mol. The van der Waals surface area contributed by atoms with E-state index >= 15 is 0 Å². The van der Waals surface area contributed by atoms with Crippen LogP contribution in [0.15, 0.2) is 10.8 Å². The lowest BCUT2D eigenvalue weighted by molar-refractivity contribution is -0.115. The molecule has 3 atom stereocenters. The van der Waals surface area contributed by atoms with Crippen LogP contribution in [-0.4, -0.2) is 42.7 Å². The summed E-state index contributed by atoms with van der Waals surface area (Å²) in [6.45, 7) is 30.0. The van der Waals surface area contributed by atoms with Gasteiger partial charge in [-0.2, -0.15) is 0 Å². The van der Waals surface area contributed by atoms with Crippen LogP contribution >= 0.6 is 0 Å². The van der Waals surface area contributed by atoms with Crippen molar-refractivity contribution in [1.82, 2.24) is 0 Å². The van der Waals surface area contributed by atoms with Crippen LogP contribution in [0.2, 0.25) is 55.9 Å². The molecule has 2 aliphatic rings. The van der Waals surface area contributed by atoms with Crippen LogP contribution in [0, 0.1) is 5.92 Å². The second kappa shape index (κ2) is 7.54. The molecule has 0 bridgehead atoms. The van der Waals surface area contributed by atoms with E-state index in [2.05, 4.69) is 87.4 Å². The Morgan fingerprint density at radius 3 is 1.62 bits per heavy atom. The van der Waals surface area contributed by atoms with E-state index < -0.39 is 24.7 Å². The maximum absolute atomic E-state index is 13.0. The molecule has 2 aliphatic carbocycles. The van der Waals surface area contributed by atoms with Gasteiger partial charge in [0, 0.05) is 12.3 Å². The molecule has 0 N–H and O–H groups in total. The van der Waals surface area contributed by atoms with Gasteiger partial charge in [-0.3, -0.25) is 4.79 Å². The van der Waals surface area contributed by atoms with Gasteiger partial charge >= 0.3 is 0 Å². The maximum Gasteiger partial charge on any atom is 0.192 e. The summed E-state index contributed by atoms with van der Waals surface area (Å²) >= 11 is 0. The van der Waals surface area contributed by atoms with E-state index in [0.717, 1.165) is 6.42 Å². The van der Waals surface area contributed by atoms with Crippen molar-refractivity contribution in [2.24, 2.45) is 5.92 Å². The topological polar surface area (TPSA) is 35.5 Å². The van der Waals surface area contributed by atoms with Crippen LogP contribution < -0.4 is 0 Å². The van der Waals surface area contributed by atoms with E-state index in [1.165, 1.54) is 10.8 Å². The van der Waals surface area contributed by atoms with Gasteiger partial charge in [0.15, 0.2) is 22.4 Å². The smallest absolute Gasteiger partial charge is 0.192 e. The minimum absolute atomic E-state index is 0.0258. The normalized spacial score (nSPS) is 27.1. The third-order valence-corrected chi connectivity index (χ3v) is 19.0. The van der Waals surface area contributed by atoms with Crippen LogP contribution in [0.3, 0.4) is 0 Å². The van der Waals surface area contributed by atoms with Crippen molar-refractivity contribution in [3.63, 3.8) is 0 Å². The van der Waals surface area contributed by atoms with Crippen LogP contribution in [0.5, 0.6) is 0 Å². The molecule has 0 spiro atoms. The third kappa shape index (κ3) is 4.92. The van der Waals surface area contributed by atoms with E-state index in [4.69, 9.17) is 8.85 Å². The summed E-state index contributed by atoms with van der Waals surface area (Å²) in [5.74, 6) is 0.617. The van der Waals surface area contributed by atoms with Crippen molar-refractivity contribution in [2.75, 3.05) is 0 Å². The largest absolute Gasteiger partial charge is 0.411 e. The highest BCUT2D eigenvalue weighted by atomic mass is 28.4. The van der Waals surface area contributed by atoms with Gasteiger partial charge < -0.3 is 8.85 Å². The number of ketones is 1. The van der Waals surface area contributed by atoms with Gasteiger partial charge in [-0.25, -0.2) is 0 Å². The number of fused-ring (bicyclic) bond motifs is 1. The Morgan fingerprint density at radius 2 is 1.21 bits per heavy atom. The molecule has 0 heterocycles. The molecule has 0 saturated heterocycles. The summed E-state index contributed by atoms with van der Waals surface area (Å²) in [5.41, 5.74) is 1.39. The maximum atomic E-state index is 13.0. The minimum Gasteiger partial charge on any atom is -0.411 e. The Labute approximate surface area is 183 Å². The Kier molecular flexibility index (Phi) is 6.56. The van der Waals surface area contributed by atoms with E-state index in [9.17, 15) is 4.79 Å². The van der Waals surface area contributed by atoms with Crippen LogP contribution in [-0.2, 0) is 13.6 Å². The molecule has 2 rings (SSSR count). The van der Waals surface area contributed by atoms with Crippen molar-refractivity contribution in [2.45, 2.75) is 122 Å². The predicted octanol–water partition coefficient (Wildman–Crippen LogP) is 6.93. The average molecular weight is 455 g/mol. The summed E-state index contributed by atoms with van der Waals surface area (Å²) in [7, 11) is -5.58. The van der Waals surface area contributed by atoms with Crippen LogP contribution in [0.1, 0.15) is 54.4 Å². The lowest BCUT2D eigenvalue weighted by atomic mass is 10.0. The summed E-state index contributed by atoms with van der Waals surface area (Å²) in [5, 5.41) is 1.50. The van der Waals surface area contributed by atoms with Crippen LogP contribution in [0.25, 0.3) is 0 Å². The van der Waals surface area contributed by atoms with Gasteiger partial charge in [0.05, 0.1) is 20.3 Å². The Hall–Kier alpha value is -0.0194. The highest BCUT2D eigenvalue weighted by Gasteiger charge is 2.54. The zero-order valence-electron chi connectivity index (χ0n) is 21.4. The molecule has 168 valence electrons. The number of Topliss-reactive ketones (excluding diaryl/α,β-unsaturated/α-hetero) is 1. The first kappa shape index (κ1) is 25.2. The number of hydrogen-bond donors (Lipinski definition) is 0. The fourth-order valence-electron chi connectivity index (χ4n) is 4.19. The van der Waals surface area contributed by atoms with Crippen molar-refractivity contribution in [1.29, 1.82) is 0 Å². The molecule has 0 aromatic heterocycles. The first-order valence-corrected chi connectivity index (χ1v) is 20.6. The third-order valence-electron chi connectivity index (χ3n) is 7.88. The summed E-state index contributed by atoms with van der Waals surface area (Å²) in [4.78, 5) is 13.0. The van der Waals surface area contributed by atoms with E-state index in [1.54, 1.807) is 0 Å². The average Bonchev–Trinajstić information content (AvgIpc) is 2.91. The molecule has 0 aromatic carbocycles. The number of hydrogen-bond acceptors (Lipinski definition) is 3. The second-order valence-electron chi connectivity index (χ2n) is 13.3. The van der Waals surface area contributed by atoms with Gasteiger partial charge in [0.2, 0.25) is 0 Å². The van der Waals surface area contributed by atoms with Crippen LogP contribution in [0.4, 0.5) is 0 Å². The zero-order valence-corrected chi connectivity index (χ0v) is 24.4.